The number of rotatable bonds is 6. The average Bonchev–Trinajstić information content (AvgIpc) is 2.54. The van der Waals surface area contributed by atoms with Crippen molar-refractivity contribution in [2.24, 2.45) is 0 Å². The van der Waals surface area contributed by atoms with Gasteiger partial charge in [-0.25, -0.2) is 0 Å². The third-order valence-electron chi connectivity index (χ3n) is 3.75. The van der Waals surface area contributed by atoms with Gasteiger partial charge >= 0.3 is 0 Å². The molecule has 0 bridgehead atoms. The van der Waals surface area contributed by atoms with Crippen LogP contribution in [-0.2, 0) is 0 Å². The summed E-state index contributed by atoms with van der Waals surface area (Å²) >= 11 is 0. The van der Waals surface area contributed by atoms with Crippen molar-refractivity contribution in [3.05, 3.63) is 23.8 Å². The van der Waals surface area contributed by atoms with Gasteiger partial charge < -0.3 is 14.8 Å². The summed E-state index contributed by atoms with van der Waals surface area (Å²) in [5.41, 5.74) is 1.11. The number of nitrogens with zero attached hydrogens (tertiary/aromatic N) is 2. The van der Waals surface area contributed by atoms with Crippen LogP contribution in [0.1, 0.15) is 24.9 Å². The molecule has 1 atom stereocenters. The van der Waals surface area contributed by atoms with Crippen molar-refractivity contribution in [3.63, 3.8) is 0 Å². The van der Waals surface area contributed by atoms with E-state index in [-0.39, 0.29) is 6.04 Å². The summed E-state index contributed by atoms with van der Waals surface area (Å²) in [6, 6.07) is 8.39. The van der Waals surface area contributed by atoms with Crippen molar-refractivity contribution in [2.45, 2.75) is 19.4 Å². The third-order valence-corrected chi connectivity index (χ3v) is 3.75. The zero-order chi connectivity index (χ0) is 15.1. The lowest BCUT2D eigenvalue weighted by Crippen LogP contribution is -2.45. The first kappa shape index (κ1) is 15.6. The maximum atomic E-state index is 9.15. The van der Waals surface area contributed by atoms with E-state index in [0.717, 1.165) is 43.2 Å². The Kier molecular flexibility index (Phi) is 5.85. The highest BCUT2D eigenvalue weighted by Gasteiger charge is 2.23. The molecule has 0 aliphatic carbocycles. The second-order valence-corrected chi connectivity index (χ2v) is 5.01. The molecular weight excluding hydrogens is 266 g/mol. The van der Waals surface area contributed by atoms with E-state index in [4.69, 9.17) is 14.7 Å². The lowest BCUT2D eigenvalue weighted by molar-refractivity contribution is 0.175. The Morgan fingerprint density at radius 2 is 2.10 bits per heavy atom. The summed E-state index contributed by atoms with van der Waals surface area (Å²) in [6.07, 6.45) is 0.484. The molecule has 1 aromatic rings. The van der Waals surface area contributed by atoms with Crippen LogP contribution in [0.3, 0.4) is 0 Å². The molecular formula is C16H23N3O2. The Morgan fingerprint density at radius 1 is 1.33 bits per heavy atom. The second kappa shape index (κ2) is 7.87. The Labute approximate surface area is 126 Å². The number of ether oxygens (including phenoxy) is 2. The summed E-state index contributed by atoms with van der Waals surface area (Å²) < 4.78 is 11.0. The minimum absolute atomic E-state index is 0.113. The van der Waals surface area contributed by atoms with Crippen molar-refractivity contribution in [1.82, 2.24) is 10.2 Å². The quantitative estimate of drug-likeness (QED) is 0.867. The molecule has 1 fully saturated rings. The third kappa shape index (κ3) is 3.87. The van der Waals surface area contributed by atoms with Gasteiger partial charge in [-0.2, -0.15) is 5.26 Å². The topological polar surface area (TPSA) is 57.5 Å². The van der Waals surface area contributed by atoms with Crippen LogP contribution in [0.5, 0.6) is 11.5 Å². The van der Waals surface area contributed by atoms with E-state index in [1.807, 2.05) is 25.1 Å². The maximum absolute atomic E-state index is 9.15. The molecule has 0 unspecified atom stereocenters. The van der Waals surface area contributed by atoms with Crippen molar-refractivity contribution in [2.75, 3.05) is 39.9 Å². The molecule has 0 radical (unpaired) electrons. The number of hydrogen-bond acceptors (Lipinski definition) is 5. The molecule has 5 nitrogen and oxygen atoms in total. The van der Waals surface area contributed by atoms with Crippen molar-refractivity contribution in [3.8, 4) is 17.6 Å². The average molecular weight is 289 g/mol. The van der Waals surface area contributed by atoms with Gasteiger partial charge in [0.05, 0.1) is 26.2 Å². The molecule has 2 rings (SSSR count). The van der Waals surface area contributed by atoms with Gasteiger partial charge in [-0.3, -0.25) is 4.90 Å². The summed E-state index contributed by atoms with van der Waals surface area (Å²) in [5.74, 6) is 1.48. The Balaban J connectivity index is 2.26. The van der Waals surface area contributed by atoms with Crippen LogP contribution in [0.25, 0.3) is 0 Å². The predicted molar refractivity (Wildman–Crippen MR) is 81.6 cm³/mol. The van der Waals surface area contributed by atoms with Crippen LogP contribution >= 0.6 is 0 Å². The van der Waals surface area contributed by atoms with Crippen molar-refractivity contribution >= 4 is 0 Å². The van der Waals surface area contributed by atoms with Crippen LogP contribution in [0.4, 0.5) is 0 Å². The largest absolute Gasteiger partial charge is 0.493 e. The fourth-order valence-corrected chi connectivity index (χ4v) is 2.71. The molecule has 1 aliphatic heterocycles. The van der Waals surface area contributed by atoms with Crippen molar-refractivity contribution < 1.29 is 9.47 Å². The number of nitrogens with one attached hydrogen (secondary N) is 1. The van der Waals surface area contributed by atoms with Crippen LogP contribution in [0.2, 0.25) is 0 Å². The van der Waals surface area contributed by atoms with Gasteiger partial charge in [0.2, 0.25) is 0 Å². The zero-order valence-electron chi connectivity index (χ0n) is 12.8. The van der Waals surface area contributed by atoms with E-state index in [2.05, 4.69) is 16.3 Å². The first-order valence-electron chi connectivity index (χ1n) is 7.42. The summed E-state index contributed by atoms with van der Waals surface area (Å²) in [7, 11) is 1.64. The van der Waals surface area contributed by atoms with Gasteiger partial charge in [0, 0.05) is 32.2 Å². The lowest BCUT2D eigenvalue weighted by atomic mass is 10.0. The SMILES string of the molecule is CCOc1cc([C@H](CC#N)N2CCNCC2)ccc1OC. The monoisotopic (exact) mass is 289 g/mol. The number of methoxy groups -OCH3 is 1. The number of piperazine rings is 1. The fraction of sp³-hybridized carbons (Fsp3) is 0.562. The number of benzene rings is 1. The number of hydrogen-bond donors (Lipinski definition) is 1. The molecule has 5 heteroatoms. The van der Waals surface area contributed by atoms with Gasteiger partial charge in [-0.1, -0.05) is 6.07 Å². The molecule has 1 aromatic carbocycles. The molecule has 114 valence electrons. The van der Waals surface area contributed by atoms with Crippen LogP contribution in [-0.4, -0.2) is 44.8 Å². The molecule has 0 aromatic heterocycles. The van der Waals surface area contributed by atoms with E-state index < -0.39 is 0 Å². The summed E-state index contributed by atoms with van der Waals surface area (Å²) in [6.45, 7) is 6.41. The van der Waals surface area contributed by atoms with Gasteiger partial charge in [-0.05, 0) is 24.6 Å². The normalized spacial score (nSPS) is 17.0. The molecule has 1 N–H and O–H groups in total. The fourth-order valence-electron chi connectivity index (χ4n) is 2.71. The molecule has 0 spiro atoms. The highest BCUT2D eigenvalue weighted by Crippen LogP contribution is 2.33. The first-order valence-corrected chi connectivity index (χ1v) is 7.42. The van der Waals surface area contributed by atoms with Gasteiger partial charge in [-0.15, -0.1) is 0 Å². The minimum Gasteiger partial charge on any atom is -0.493 e. The molecule has 0 amide bonds. The van der Waals surface area contributed by atoms with Gasteiger partial charge in [0.15, 0.2) is 11.5 Å². The molecule has 1 aliphatic rings. The molecule has 1 saturated heterocycles. The van der Waals surface area contributed by atoms with Gasteiger partial charge in [0.1, 0.15) is 0 Å². The lowest BCUT2D eigenvalue weighted by Gasteiger charge is -2.34. The predicted octanol–water partition coefficient (Wildman–Crippen LogP) is 1.95. The van der Waals surface area contributed by atoms with E-state index in [1.165, 1.54) is 0 Å². The van der Waals surface area contributed by atoms with Crippen LogP contribution in [0.15, 0.2) is 18.2 Å². The Morgan fingerprint density at radius 3 is 2.71 bits per heavy atom. The first-order chi connectivity index (χ1) is 10.3. The van der Waals surface area contributed by atoms with Crippen LogP contribution < -0.4 is 14.8 Å². The van der Waals surface area contributed by atoms with Crippen molar-refractivity contribution in [1.29, 1.82) is 5.26 Å². The Hall–Kier alpha value is -1.77. The van der Waals surface area contributed by atoms with E-state index in [0.29, 0.717) is 13.0 Å². The summed E-state index contributed by atoms with van der Waals surface area (Å²) in [4.78, 5) is 2.36. The van der Waals surface area contributed by atoms with Crippen LogP contribution in [0, 0.1) is 11.3 Å². The second-order valence-electron chi connectivity index (χ2n) is 5.01. The summed E-state index contributed by atoms with van der Waals surface area (Å²) in [5, 5.41) is 12.5. The molecule has 1 heterocycles. The highest BCUT2D eigenvalue weighted by molar-refractivity contribution is 5.44. The minimum atomic E-state index is 0.113. The van der Waals surface area contributed by atoms with E-state index >= 15 is 0 Å². The molecule has 21 heavy (non-hydrogen) atoms. The van der Waals surface area contributed by atoms with E-state index in [9.17, 15) is 0 Å². The van der Waals surface area contributed by atoms with Gasteiger partial charge in [0.25, 0.3) is 0 Å². The zero-order valence-corrected chi connectivity index (χ0v) is 12.8. The smallest absolute Gasteiger partial charge is 0.161 e. The molecule has 0 saturated carbocycles. The Bertz CT molecular complexity index is 493. The van der Waals surface area contributed by atoms with E-state index in [1.54, 1.807) is 7.11 Å². The highest BCUT2D eigenvalue weighted by atomic mass is 16.5. The standard InChI is InChI=1S/C16H23N3O2/c1-3-21-16-12-13(4-5-15(16)20-2)14(6-7-17)19-10-8-18-9-11-19/h4-5,12,14,18H,3,6,8-11H2,1-2H3/t14-/m0/s1. The number of nitriles is 1. The maximum Gasteiger partial charge on any atom is 0.161 e.